The number of carbonyl (C=O) groups is 1. The third kappa shape index (κ3) is 2.93. The molecule has 16 heavy (non-hydrogen) atoms. The molecule has 0 unspecified atom stereocenters. The molecule has 0 saturated heterocycles. The Kier molecular flexibility index (Phi) is 4.24. The van der Waals surface area contributed by atoms with Gasteiger partial charge in [-0.1, -0.05) is 6.92 Å². The number of rotatable bonds is 4. The van der Waals surface area contributed by atoms with E-state index in [1.54, 1.807) is 25.1 Å². The van der Waals surface area contributed by atoms with Crippen LogP contribution in [0, 0.1) is 0 Å². The molecule has 0 spiro atoms. The van der Waals surface area contributed by atoms with E-state index in [1.165, 1.54) is 13.2 Å². The number of methoxy groups -OCH3 is 1. The number of hydrogen-bond donors (Lipinski definition) is 1. The van der Waals surface area contributed by atoms with Gasteiger partial charge in [-0.05, 0) is 18.2 Å². The number of isocyanates is 1. The third-order valence-electron chi connectivity index (χ3n) is 1.95. The van der Waals surface area contributed by atoms with E-state index in [0.29, 0.717) is 23.5 Å². The lowest BCUT2D eigenvalue weighted by Crippen LogP contribution is -2.09. The summed E-state index contributed by atoms with van der Waals surface area (Å²) in [6.45, 7) is 1.75. The zero-order valence-electron chi connectivity index (χ0n) is 9.11. The molecule has 1 rings (SSSR count). The zero-order valence-corrected chi connectivity index (χ0v) is 9.11. The minimum atomic E-state index is -0.105. The second-order valence-electron chi connectivity index (χ2n) is 2.99. The molecule has 1 aromatic carbocycles. The number of aliphatic imine (C=N–C) groups is 1. The van der Waals surface area contributed by atoms with Crippen LogP contribution in [0.5, 0.6) is 5.75 Å². The fourth-order valence-corrected chi connectivity index (χ4v) is 1.15. The fourth-order valence-electron chi connectivity index (χ4n) is 1.15. The van der Waals surface area contributed by atoms with Crippen LogP contribution in [0.1, 0.15) is 13.3 Å². The summed E-state index contributed by atoms with van der Waals surface area (Å²) in [5, 5.41) is 2.66. The lowest BCUT2D eigenvalue weighted by molar-refractivity contribution is -0.115. The average Bonchev–Trinajstić information content (AvgIpc) is 2.30. The van der Waals surface area contributed by atoms with E-state index < -0.39 is 0 Å². The maximum atomic E-state index is 11.2. The van der Waals surface area contributed by atoms with Gasteiger partial charge in [0, 0.05) is 12.1 Å². The van der Waals surface area contributed by atoms with Gasteiger partial charge in [0.1, 0.15) is 11.4 Å². The molecule has 5 heteroatoms. The molecule has 5 nitrogen and oxygen atoms in total. The van der Waals surface area contributed by atoms with Crippen molar-refractivity contribution in [2.75, 3.05) is 12.4 Å². The molecule has 0 atom stereocenters. The van der Waals surface area contributed by atoms with Crippen LogP contribution >= 0.6 is 0 Å². The number of anilines is 1. The van der Waals surface area contributed by atoms with Crippen molar-refractivity contribution in [3.8, 4) is 5.75 Å². The highest BCUT2D eigenvalue weighted by Crippen LogP contribution is 2.29. The van der Waals surface area contributed by atoms with E-state index >= 15 is 0 Å². The quantitative estimate of drug-likeness (QED) is 0.623. The second kappa shape index (κ2) is 5.68. The molecule has 0 radical (unpaired) electrons. The van der Waals surface area contributed by atoms with Gasteiger partial charge in [-0.25, -0.2) is 4.79 Å². The number of nitrogens with zero attached hydrogens (tertiary/aromatic N) is 1. The van der Waals surface area contributed by atoms with Crippen molar-refractivity contribution < 1.29 is 14.3 Å². The summed E-state index contributed by atoms with van der Waals surface area (Å²) >= 11 is 0. The Morgan fingerprint density at radius 2 is 2.31 bits per heavy atom. The van der Waals surface area contributed by atoms with Gasteiger partial charge < -0.3 is 10.1 Å². The Morgan fingerprint density at radius 1 is 1.56 bits per heavy atom. The molecule has 0 aliphatic rings. The lowest BCUT2D eigenvalue weighted by atomic mass is 10.2. The number of carbonyl (C=O) groups excluding carboxylic acids is 2. The summed E-state index contributed by atoms with van der Waals surface area (Å²) in [5.41, 5.74) is 0.910. The first kappa shape index (κ1) is 11.9. The Hall–Kier alpha value is -2.13. The van der Waals surface area contributed by atoms with Crippen LogP contribution in [0.2, 0.25) is 0 Å². The number of amides is 1. The van der Waals surface area contributed by atoms with E-state index in [4.69, 9.17) is 4.74 Å². The first-order valence-electron chi connectivity index (χ1n) is 4.77. The van der Waals surface area contributed by atoms with Gasteiger partial charge in [-0.15, -0.1) is 0 Å². The highest BCUT2D eigenvalue weighted by atomic mass is 16.5. The van der Waals surface area contributed by atoms with Crippen molar-refractivity contribution >= 4 is 23.4 Å². The van der Waals surface area contributed by atoms with Crippen molar-refractivity contribution in [2.24, 2.45) is 4.99 Å². The minimum absolute atomic E-state index is 0.105. The van der Waals surface area contributed by atoms with Crippen molar-refractivity contribution in [2.45, 2.75) is 13.3 Å². The van der Waals surface area contributed by atoms with E-state index in [1.807, 2.05) is 0 Å². The molecule has 0 aliphatic heterocycles. The normalized spacial score (nSPS) is 9.12. The summed E-state index contributed by atoms with van der Waals surface area (Å²) in [5.74, 6) is 0.351. The number of nitrogens with one attached hydrogen (secondary N) is 1. The lowest BCUT2D eigenvalue weighted by Gasteiger charge is -2.07. The second-order valence-corrected chi connectivity index (χ2v) is 2.99. The molecule has 0 heterocycles. The SMILES string of the molecule is CCC(=O)Nc1ccc(OC)c(N=C=O)c1. The Balaban J connectivity index is 3.01. The van der Waals surface area contributed by atoms with E-state index in [9.17, 15) is 9.59 Å². The first-order valence-corrected chi connectivity index (χ1v) is 4.77. The molecule has 1 amide bonds. The third-order valence-corrected chi connectivity index (χ3v) is 1.95. The summed E-state index contributed by atoms with van der Waals surface area (Å²) in [6.07, 6.45) is 1.82. The van der Waals surface area contributed by atoms with Crippen LogP contribution in [0.3, 0.4) is 0 Å². The Bertz CT molecular complexity index is 437. The largest absolute Gasteiger partial charge is 0.494 e. The summed E-state index contributed by atoms with van der Waals surface area (Å²) in [7, 11) is 1.48. The van der Waals surface area contributed by atoms with Gasteiger partial charge in [0.25, 0.3) is 0 Å². The predicted octanol–water partition coefficient (Wildman–Crippen LogP) is 2.01. The van der Waals surface area contributed by atoms with Gasteiger partial charge in [-0.3, -0.25) is 4.79 Å². The first-order chi connectivity index (χ1) is 7.71. The predicted molar refractivity (Wildman–Crippen MR) is 59.7 cm³/mol. The van der Waals surface area contributed by atoms with Crippen LogP contribution in [0.4, 0.5) is 11.4 Å². The molecule has 1 aromatic rings. The van der Waals surface area contributed by atoms with Crippen molar-refractivity contribution in [3.05, 3.63) is 18.2 Å². The molecule has 0 saturated carbocycles. The highest BCUT2D eigenvalue weighted by Gasteiger charge is 2.05. The molecule has 1 N–H and O–H groups in total. The molecule has 0 aliphatic carbocycles. The van der Waals surface area contributed by atoms with Crippen molar-refractivity contribution in [1.29, 1.82) is 0 Å². The van der Waals surface area contributed by atoms with Crippen LogP contribution in [0.25, 0.3) is 0 Å². The monoisotopic (exact) mass is 220 g/mol. The van der Waals surface area contributed by atoms with E-state index in [2.05, 4.69) is 10.3 Å². The van der Waals surface area contributed by atoms with Crippen LogP contribution in [0.15, 0.2) is 23.2 Å². The summed E-state index contributed by atoms with van der Waals surface area (Å²) in [6, 6.07) is 4.86. The number of hydrogen-bond acceptors (Lipinski definition) is 4. The molecule has 0 aromatic heterocycles. The average molecular weight is 220 g/mol. The molecular weight excluding hydrogens is 208 g/mol. The Morgan fingerprint density at radius 3 is 2.88 bits per heavy atom. The van der Waals surface area contributed by atoms with E-state index in [0.717, 1.165) is 0 Å². The maximum Gasteiger partial charge on any atom is 0.240 e. The topological polar surface area (TPSA) is 67.8 Å². The van der Waals surface area contributed by atoms with Gasteiger partial charge in [0.2, 0.25) is 12.0 Å². The van der Waals surface area contributed by atoms with Gasteiger partial charge >= 0.3 is 0 Å². The fraction of sp³-hybridized carbons (Fsp3) is 0.273. The van der Waals surface area contributed by atoms with Crippen LogP contribution in [-0.4, -0.2) is 19.1 Å². The van der Waals surface area contributed by atoms with Gasteiger partial charge in [0.15, 0.2) is 0 Å². The van der Waals surface area contributed by atoms with Gasteiger partial charge in [-0.2, -0.15) is 4.99 Å². The smallest absolute Gasteiger partial charge is 0.240 e. The van der Waals surface area contributed by atoms with Crippen LogP contribution in [-0.2, 0) is 9.59 Å². The molecular formula is C11H12N2O3. The van der Waals surface area contributed by atoms with Gasteiger partial charge in [0.05, 0.1) is 7.11 Å². The zero-order chi connectivity index (χ0) is 12.0. The maximum absolute atomic E-state index is 11.2. The molecule has 84 valence electrons. The summed E-state index contributed by atoms with van der Waals surface area (Å²) in [4.78, 5) is 24.8. The van der Waals surface area contributed by atoms with Crippen molar-refractivity contribution in [1.82, 2.24) is 0 Å². The highest BCUT2D eigenvalue weighted by molar-refractivity contribution is 5.91. The van der Waals surface area contributed by atoms with Crippen LogP contribution < -0.4 is 10.1 Å². The molecule has 0 bridgehead atoms. The standard InChI is InChI=1S/C11H12N2O3/c1-3-11(15)13-8-4-5-10(16-2)9(6-8)12-7-14/h4-6H,3H2,1-2H3,(H,13,15). The van der Waals surface area contributed by atoms with E-state index in [-0.39, 0.29) is 5.91 Å². The Labute approximate surface area is 93.1 Å². The summed E-state index contributed by atoms with van der Waals surface area (Å²) < 4.78 is 5.00. The number of benzene rings is 1. The minimum Gasteiger partial charge on any atom is -0.494 e. The molecule has 0 fully saturated rings. The van der Waals surface area contributed by atoms with Crippen molar-refractivity contribution in [3.63, 3.8) is 0 Å². The number of ether oxygens (including phenoxy) is 1.